The number of hydrogen-bond donors (Lipinski definition) is 1. The normalized spacial score (nSPS) is 15.5. The van der Waals surface area contributed by atoms with Crippen LogP contribution in [0.2, 0.25) is 0 Å². The predicted octanol–water partition coefficient (Wildman–Crippen LogP) is 3.57. The van der Waals surface area contributed by atoms with E-state index in [-0.39, 0.29) is 6.03 Å². The van der Waals surface area contributed by atoms with Gasteiger partial charge in [0.05, 0.1) is 11.9 Å². The number of nitrogens with zero attached hydrogens (tertiary/aromatic N) is 2. The summed E-state index contributed by atoms with van der Waals surface area (Å²) >= 11 is 0. The number of amides is 2. The number of hydrogen-bond acceptors (Lipinski definition) is 2. The number of urea groups is 1. The molecule has 0 spiro atoms. The van der Waals surface area contributed by atoms with Crippen LogP contribution in [0.25, 0.3) is 0 Å². The van der Waals surface area contributed by atoms with Crippen LogP contribution in [0.4, 0.5) is 10.5 Å². The number of piperidine rings is 1. The fourth-order valence-corrected chi connectivity index (χ4v) is 2.93. The third-order valence-corrected chi connectivity index (χ3v) is 4.18. The summed E-state index contributed by atoms with van der Waals surface area (Å²) in [4.78, 5) is 18.1. The fraction of sp³-hybridized carbons (Fsp3) is 0.333. The Morgan fingerprint density at radius 1 is 1.14 bits per heavy atom. The molecule has 4 heteroatoms. The minimum absolute atomic E-state index is 0.0221. The summed E-state index contributed by atoms with van der Waals surface area (Å²) in [6.45, 7) is 1.65. The number of benzene rings is 1. The summed E-state index contributed by atoms with van der Waals surface area (Å²) in [5.41, 5.74) is 2.14. The standard InChI is InChI=1S/C18H21N3O/c22-18(20-17-7-4-10-19-14-17)21-11-8-16(9-12-21)13-15-5-2-1-3-6-15/h1-7,10,14,16H,8-9,11-13H2,(H,20,22). The zero-order chi connectivity index (χ0) is 15.2. The van der Waals surface area contributed by atoms with Gasteiger partial charge in [0, 0.05) is 19.3 Å². The highest BCUT2D eigenvalue weighted by atomic mass is 16.2. The van der Waals surface area contributed by atoms with Crippen molar-refractivity contribution in [3.63, 3.8) is 0 Å². The van der Waals surface area contributed by atoms with Crippen molar-refractivity contribution >= 4 is 11.7 Å². The van der Waals surface area contributed by atoms with Crippen LogP contribution in [0, 0.1) is 5.92 Å². The Kier molecular flexibility index (Phi) is 4.68. The second-order valence-corrected chi connectivity index (χ2v) is 5.79. The Bertz CT molecular complexity index is 592. The molecule has 22 heavy (non-hydrogen) atoms. The first-order valence-corrected chi connectivity index (χ1v) is 7.81. The highest BCUT2D eigenvalue weighted by molar-refractivity contribution is 5.89. The zero-order valence-corrected chi connectivity index (χ0v) is 12.6. The second kappa shape index (κ2) is 7.07. The molecule has 2 aromatic rings. The second-order valence-electron chi connectivity index (χ2n) is 5.79. The van der Waals surface area contributed by atoms with E-state index in [1.807, 2.05) is 17.0 Å². The van der Waals surface area contributed by atoms with Crippen molar-refractivity contribution in [2.24, 2.45) is 5.92 Å². The van der Waals surface area contributed by atoms with Crippen LogP contribution in [-0.4, -0.2) is 29.0 Å². The van der Waals surface area contributed by atoms with E-state index in [0.717, 1.165) is 38.0 Å². The topological polar surface area (TPSA) is 45.2 Å². The van der Waals surface area contributed by atoms with Crippen molar-refractivity contribution in [3.8, 4) is 0 Å². The Balaban J connectivity index is 1.48. The summed E-state index contributed by atoms with van der Waals surface area (Å²) in [7, 11) is 0. The molecule has 1 aliphatic heterocycles. The van der Waals surface area contributed by atoms with Gasteiger partial charge in [0.15, 0.2) is 0 Å². The average Bonchev–Trinajstić information content (AvgIpc) is 2.57. The average molecular weight is 295 g/mol. The third-order valence-electron chi connectivity index (χ3n) is 4.18. The van der Waals surface area contributed by atoms with E-state index in [0.29, 0.717) is 5.92 Å². The van der Waals surface area contributed by atoms with Crippen molar-refractivity contribution < 1.29 is 4.79 Å². The molecule has 1 saturated heterocycles. The van der Waals surface area contributed by atoms with E-state index in [1.165, 1.54) is 5.56 Å². The van der Waals surface area contributed by atoms with Crippen LogP contribution < -0.4 is 5.32 Å². The summed E-state index contributed by atoms with van der Waals surface area (Å²) in [6, 6.07) is 14.2. The maximum absolute atomic E-state index is 12.2. The van der Waals surface area contributed by atoms with Crippen LogP contribution >= 0.6 is 0 Å². The highest BCUT2D eigenvalue weighted by Gasteiger charge is 2.22. The van der Waals surface area contributed by atoms with Gasteiger partial charge in [0.25, 0.3) is 0 Å². The van der Waals surface area contributed by atoms with Crippen molar-refractivity contribution in [1.29, 1.82) is 0 Å². The molecular weight excluding hydrogens is 274 g/mol. The zero-order valence-electron chi connectivity index (χ0n) is 12.6. The molecule has 1 N–H and O–H groups in total. The third kappa shape index (κ3) is 3.85. The lowest BCUT2D eigenvalue weighted by Gasteiger charge is -2.32. The van der Waals surface area contributed by atoms with Crippen molar-refractivity contribution in [2.45, 2.75) is 19.3 Å². The van der Waals surface area contributed by atoms with Gasteiger partial charge in [-0.3, -0.25) is 4.98 Å². The van der Waals surface area contributed by atoms with Gasteiger partial charge in [-0.2, -0.15) is 0 Å². The van der Waals surface area contributed by atoms with E-state index in [2.05, 4.69) is 40.6 Å². The molecule has 1 aromatic carbocycles. The van der Waals surface area contributed by atoms with Crippen LogP contribution in [0.15, 0.2) is 54.9 Å². The Hall–Kier alpha value is -2.36. The van der Waals surface area contributed by atoms with E-state index in [4.69, 9.17) is 0 Å². The van der Waals surface area contributed by atoms with Crippen LogP contribution in [-0.2, 0) is 6.42 Å². The minimum atomic E-state index is -0.0221. The Morgan fingerprint density at radius 3 is 2.59 bits per heavy atom. The number of carbonyl (C=O) groups excluding carboxylic acids is 1. The summed E-state index contributed by atoms with van der Waals surface area (Å²) in [5, 5.41) is 2.90. The predicted molar refractivity (Wildman–Crippen MR) is 87.7 cm³/mol. The lowest BCUT2D eigenvalue weighted by molar-refractivity contribution is 0.182. The fourth-order valence-electron chi connectivity index (χ4n) is 2.93. The minimum Gasteiger partial charge on any atom is -0.325 e. The van der Waals surface area contributed by atoms with Gasteiger partial charge in [0.1, 0.15) is 0 Å². The van der Waals surface area contributed by atoms with Gasteiger partial charge in [-0.25, -0.2) is 4.79 Å². The SMILES string of the molecule is O=C(Nc1cccnc1)N1CCC(Cc2ccccc2)CC1. The van der Waals surface area contributed by atoms with Crippen molar-refractivity contribution in [2.75, 3.05) is 18.4 Å². The molecule has 0 saturated carbocycles. The molecule has 0 radical (unpaired) electrons. The number of pyridine rings is 1. The van der Waals surface area contributed by atoms with Gasteiger partial charge < -0.3 is 10.2 Å². The van der Waals surface area contributed by atoms with E-state index in [1.54, 1.807) is 12.4 Å². The number of aromatic nitrogens is 1. The first-order valence-electron chi connectivity index (χ1n) is 7.81. The maximum atomic E-state index is 12.2. The molecule has 114 valence electrons. The van der Waals surface area contributed by atoms with Crippen LogP contribution in [0.3, 0.4) is 0 Å². The van der Waals surface area contributed by atoms with E-state index in [9.17, 15) is 4.79 Å². The Morgan fingerprint density at radius 2 is 1.91 bits per heavy atom. The highest BCUT2D eigenvalue weighted by Crippen LogP contribution is 2.22. The molecule has 1 aromatic heterocycles. The first-order chi connectivity index (χ1) is 10.8. The molecule has 3 rings (SSSR count). The van der Waals surface area contributed by atoms with Gasteiger partial charge in [0.2, 0.25) is 0 Å². The van der Waals surface area contributed by atoms with Gasteiger partial charge >= 0.3 is 6.03 Å². The molecule has 1 aliphatic rings. The number of likely N-dealkylation sites (tertiary alicyclic amines) is 1. The summed E-state index contributed by atoms with van der Waals surface area (Å²) in [5.74, 6) is 0.671. The monoisotopic (exact) mass is 295 g/mol. The molecule has 4 nitrogen and oxygen atoms in total. The molecule has 0 bridgehead atoms. The molecule has 1 fully saturated rings. The number of nitrogens with one attached hydrogen (secondary N) is 1. The maximum Gasteiger partial charge on any atom is 0.321 e. The molecule has 0 aliphatic carbocycles. The smallest absolute Gasteiger partial charge is 0.321 e. The number of carbonyl (C=O) groups is 1. The van der Waals surface area contributed by atoms with Gasteiger partial charge in [-0.15, -0.1) is 0 Å². The Labute approximate surface area is 131 Å². The summed E-state index contributed by atoms with van der Waals surface area (Å²) in [6.07, 6.45) is 6.61. The molecule has 0 atom stereocenters. The molecular formula is C18H21N3O. The van der Waals surface area contributed by atoms with E-state index < -0.39 is 0 Å². The number of anilines is 1. The lowest BCUT2D eigenvalue weighted by atomic mass is 9.90. The quantitative estimate of drug-likeness (QED) is 0.941. The van der Waals surface area contributed by atoms with Crippen LogP contribution in [0.5, 0.6) is 0 Å². The van der Waals surface area contributed by atoms with Gasteiger partial charge in [-0.1, -0.05) is 30.3 Å². The van der Waals surface area contributed by atoms with Crippen LogP contribution in [0.1, 0.15) is 18.4 Å². The molecule has 2 heterocycles. The molecule has 0 unspecified atom stereocenters. The first kappa shape index (κ1) is 14.6. The van der Waals surface area contributed by atoms with Crippen molar-refractivity contribution in [3.05, 3.63) is 60.4 Å². The summed E-state index contributed by atoms with van der Waals surface area (Å²) < 4.78 is 0. The lowest BCUT2D eigenvalue weighted by Crippen LogP contribution is -2.41. The molecule has 2 amide bonds. The van der Waals surface area contributed by atoms with E-state index >= 15 is 0 Å². The van der Waals surface area contributed by atoms with Crippen molar-refractivity contribution in [1.82, 2.24) is 9.88 Å². The largest absolute Gasteiger partial charge is 0.325 e. The van der Waals surface area contributed by atoms with Gasteiger partial charge in [-0.05, 0) is 42.9 Å². The number of rotatable bonds is 3.